The normalized spacial score (nSPS) is 14.5. The van der Waals surface area contributed by atoms with Crippen LogP contribution in [0.1, 0.15) is 40.5 Å². The standard InChI is InChI=1S/C24H36N4O4S/c1-6-13-33-14-7-12-31-21-16-19-18(15-20(21)30-5)22(26-17-25-19)27-8-10-28(11-9-27)23(29)32-24(2,3)4/h15-17H,6-14H2,1-5H3. The number of hydrogen-bond acceptors (Lipinski definition) is 8. The number of methoxy groups -OCH3 is 1. The van der Waals surface area contributed by atoms with Gasteiger partial charge >= 0.3 is 6.09 Å². The maximum Gasteiger partial charge on any atom is 0.410 e. The van der Waals surface area contributed by atoms with Crippen molar-refractivity contribution < 1.29 is 19.0 Å². The molecule has 2 heterocycles. The molecular weight excluding hydrogens is 440 g/mol. The van der Waals surface area contributed by atoms with E-state index >= 15 is 0 Å². The SMILES string of the molecule is CCCSCCCOc1cc2ncnc(N3CCN(C(=O)OC(C)(C)C)CC3)c2cc1OC. The number of fused-ring (bicyclic) bond motifs is 1. The largest absolute Gasteiger partial charge is 0.493 e. The van der Waals surface area contributed by atoms with Crippen LogP contribution in [0.15, 0.2) is 18.5 Å². The summed E-state index contributed by atoms with van der Waals surface area (Å²) in [6.07, 6.45) is 3.49. The zero-order valence-electron chi connectivity index (χ0n) is 20.4. The molecule has 1 aliphatic heterocycles. The van der Waals surface area contributed by atoms with Crippen LogP contribution in [-0.4, -0.2) is 78.0 Å². The molecule has 2 aromatic rings. The molecule has 0 bridgehead atoms. The first-order chi connectivity index (χ1) is 15.8. The second kappa shape index (κ2) is 11.6. The van der Waals surface area contributed by atoms with Crippen LogP contribution >= 0.6 is 11.8 Å². The molecule has 9 heteroatoms. The molecule has 0 aliphatic carbocycles. The van der Waals surface area contributed by atoms with E-state index in [0.717, 1.165) is 28.9 Å². The lowest BCUT2D eigenvalue weighted by Crippen LogP contribution is -2.50. The van der Waals surface area contributed by atoms with E-state index in [1.165, 1.54) is 12.2 Å². The van der Waals surface area contributed by atoms with Crippen LogP contribution in [0.5, 0.6) is 11.5 Å². The first-order valence-corrected chi connectivity index (χ1v) is 12.7. The van der Waals surface area contributed by atoms with Crippen molar-refractivity contribution in [1.29, 1.82) is 0 Å². The summed E-state index contributed by atoms with van der Waals surface area (Å²) in [6.45, 7) is 11.0. The molecule has 0 N–H and O–H groups in total. The number of amides is 1. The van der Waals surface area contributed by atoms with E-state index in [0.29, 0.717) is 44.3 Å². The van der Waals surface area contributed by atoms with Gasteiger partial charge in [-0.05, 0) is 51.2 Å². The smallest absolute Gasteiger partial charge is 0.410 e. The molecule has 1 fully saturated rings. The van der Waals surface area contributed by atoms with Gasteiger partial charge in [0.15, 0.2) is 11.5 Å². The Labute approximate surface area is 201 Å². The van der Waals surface area contributed by atoms with E-state index in [2.05, 4.69) is 21.8 Å². The van der Waals surface area contributed by atoms with Gasteiger partial charge in [0.1, 0.15) is 17.7 Å². The molecule has 0 saturated carbocycles. The van der Waals surface area contributed by atoms with E-state index in [1.807, 2.05) is 44.7 Å². The van der Waals surface area contributed by atoms with Crippen molar-refractivity contribution >= 4 is 34.6 Å². The number of nitrogens with zero attached hydrogens (tertiary/aromatic N) is 4. The van der Waals surface area contributed by atoms with Crippen LogP contribution in [0, 0.1) is 0 Å². The molecule has 0 spiro atoms. The van der Waals surface area contributed by atoms with Gasteiger partial charge in [-0.3, -0.25) is 0 Å². The van der Waals surface area contributed by atoms with Crippen molar-refractivity contribution in [3.8, 4) is 11.5 Å². The number of aromatic nitrogens is 2. The highest BCUT2D eigenvalue weighted by Gasteiger charge is 2.27. The Balaban J connectivity index is 1.69. The summed E-state index contributed by atoms with van der Waals surface area (Å²) in [5.74, 6) is 4.48. The third-order valence-electron chi connectivity index (χ3n) is 5.17. The fourth-order valence-corrected chi connectivity index (χ4v) is 4.41. The minimum atomic E-state index is -0.498. The molecule has 8 nitrogen and oxygen atoms in total. The molecule has 1 aromatic carbocycles. The zero-order valence-corrected chi connectivity index (χ0v) is 21.2. The molecule has 1 saturated heterocycles. The second-order valence-electron chi connectivity index (χ2n) is 8.99. The second-order valence-corrected chi connectivity index (χ2v) is 10.2. The molecule has 0 unspecified atom stereocenters. The molecular formula is C24H36N4O4S. The third kappa shape index (κ3) is 7.03. The van der Waals surface area contributed by atoms with Gasteiger partial charge in [-0.2, -0.15) is 11.8 Å². The Morgan fingerprint density at radius 3 is 2.52 bits per heavy atom. The van der Waals surface area contributed by atoms with E-state index < -0.39 is 5.60 Å². The molecule has 1 aromatic heterocycles. The van der Waals surface area contributed by atoms with Gasteiger partial charge in [0.2, 0.25) is 0 Å². The van der Waals surface area contributed by atoms with Crippen molar-refractivity contribution in [3.63, 3.8) is 0 Å². The van der Waals surface area contributed by atoms with Gasteiger partial charge in [0.05, 0.1) is 19.2 Å². The maximum absolute atomic E-state index is 12.4. The first-order valence-electron chi connectivity index (χ1n) is 11.6. The van der Waals surface area contributed by atoms with Gasteiger partial charge in [0.25, 0.3) is 0 Å². The Bertz CT molecular complexity index is 927. The highest BCUT2D eigenvalue weighted by molar-refractivity contribution is 7.99. The lowest BCUT2D eigenvalue weighted by atomic mass is 10.2. The lowest BCUT2D eigenvalue weighted by Gasteiger charge is -2.36. The molecule has 1 aliphatic rings. The summed E-state index contributed by atoms with van der Waals surface area (Å²) >= 11 is 1.95. The Morgan fingerprint density at radius 1 is 1.09 bits per heavy atom. The third-order valence-corrected chi connectivity index (χ3v) is 6.44. The lowest BCUT2D eigenvalue weighted by molar-refractivity contribution is 0.0240. The van der Waals surface area contributed by atoms with Gasteiger partial charge in [-0.25, -0.2) is 14.8 Å². The average molecular weight is 477 g/mol. The van der Waals surface area contributed by atoms with Gasteiger partial charge < -0.3 is 24.0 Å². The number of piperazine rings is 1. The molecule has 1 amide bonds. The highest BCUT2D eigenvalue weighted by Crippen LogP contribution is 2.35. The molecule has 0 atom stereocenters. The fraction of sp³-hybridized carbons (Fsp3) is 0.625. The molecule has 3 rings (SSSR count). The topological polar surface area (TPSA) is 77.0 Å². The van der Waals surface area contributed by atoms with Crippen LogP contribution in [0.3, 0.4) is 0 Å². The van der Waals surface area contributed by atoms with Crippen molar-refractivity contribution in [2.24, 2.45) is 0 Å². The number of rotatable bonds is 9. The summed E-state index contributed by atoms with van der Waals surface area (Å²) in [6, 6.07) is 3.88. The molecule has 33 heavy (non-hydrogen) atoms. The predicted octanol–water partition coefficient (Wildman–Crippen LogP) is 4.61. The van der Waals surface area contributed by atoms with Crippen LogP contribution < -0.4 is 14.4 Å². The monoisotopic (exact) mass is 476 g/mol. The number of benzene rings is 1. The summed E-state index contributed by atoms with van der Waals surface area (Å²) in [5, 5.41) is 0.908. The van der Waals surface area contributed by atoms with Crippen molar-refractivity contribution in [3.05, 3.63) is 18.5 Å². The van der Waals surface area contributed by atoms with Gasteiger partial charge in [-0.15, -0.1) is 0 Å². The van der Waals surface area contributed by atoms with E-state index in [4.69, 9.17) is 14.2 Å². The average Bonchev–Trinajstić information content (AvgIpc) is 2.79. The highest BCUT2D eigenvalue weighted by atomic mass is 32.2. The minimum absolute atomic E-state index is 0.272. The number of anilines is 1. The van der Waals surface area contributed by atoms with Crippen molar-refractivity contribution in [1.82, 2.24) is 14.9 Å². The number of carbonyl (C=O) groups excluding carboxylic acids is 1. The zero-order chi connectivity index (χ0) is 23.8. The predicted molar refractivity (Wildman–Crippen MR) is 134 cm³/mol. The summed E-state index contributed by atoms with van der Waals surface area (Å²) < 4.78 is 17.1. The Kier molecular flexibility index (Phi) is 8.88. The van der Waals surface area contributed by atoms with Gasteiger partial charge in [0, 0.05) is 37.6 Å². The fourth-order valence-electron chi connectivity index (χ4n) is 3.59. The minimum Gasteiger partial charge on any atom is -0.493 e. The van der Waals surface area contributed by atoms with Crippen LogP contribution in [0.2, 0.25) is 0 Å². The molecule has 182 valence electrons. The number of carbonyl (C=O) groups is 1. The number of thioether (sulfide) groups is 1. The first kappa shape index (κ1) is 25.2. The molecule has 0 radical (unpaired) electrons. The number of ether oxygens (including phenoxy) is 3. The van der Waals surface area contributed by atoms with E-state index in [9.17, 15) is 4.79 Å². The van der Waals surface area contributed by atoms with Crippen molar-refractivity contribution in [2.75, 3.05) is 56.3 Å². The summed E-state index contributed by atoms with van der Waals surface area (Å²) in [4.78, 5) is 25.3. The van der Waals surface area contributed by atoms with E-state index in [-0.39, 0.29) is 6.09 Å². The van der Waals surface area contributed by atoms with Crippen molar-refractivity contribution in [2.45, 2.75) is 46.1 Å². The summed E-state index contributed by atoms with van der Waals surface area (Å²) in [5.41, 5.74) is 0.313. The Morgan fingerprint density at radius 2 is 1.85 bits per heavy atom. The maximum atomic E-state index is 12.4. The van der Waals surface area contributed by atoms with Crippen LogP contribution in [0.25, 0.3) is 10.9 Å². The quantitative estimate of drug-likeness (QED) is 0.486. The summed E-state index contributed by atoms with van der Waals surface area (Å²) in [7, 11) is 1.65. The van der Waals surface area contributed by atoms with Gasteiger partial charge in [-0.1, -0.05) is 6.92 Å². The van der Waals surface area contributed by atoms with Crippen LogP contribution in [-0.2, 0) is 4.74 Å². The Hall–Kier alpha value is -2.42. The van der Waals surface area contributed by atoms with E-state index in [1.54, 1.807) is 18.3 Å². The van der Waals surface area contributed by atoms with Crippen LogP contribution in [0.4, 0.5) is 10.6 Å². The number of hydrogen-bond donors (Lipinski definition) is 0.